The van der Waals surface area contributed by atoms with Crippen molar-refractivity contribution in [3.05, 3.63) is 56.9 Å². The van der Waals surface area contributed by atoms with Crippen LogP contribution in [0.15, 0.2) is 47.7 Å². The average Bonchev–Trinajstić information content (AvgIpc) is 3.00. The van der Waals surface area contributed by atoms with E-state index in [1.807, 2.05) is 43.3 Å². The number of para-hydroxylation sites is 2. The van der Waals surface area contributed by atoms with Crippen LogP contribution >= 0.6 is 22.9 Å². The summed E-state index contributed by atoms with van der Waals surface area (Å²) in [4.78, 5) is 26.6. The Bertz CT molecular complexity index is 952. The van der Waals surface area contributed by atoms with Gasteiger partial charge in [0.2, 0.25) is 0 Å². The number of carbonyl (C=O) groups excluding carboxylic acids is 2. The van der Waals surface area contributed by atoms with Gasteiger partial charge in [0, 0.05) is 16.1 Å². The Labute approximate surface area is 166 Å². The highest BCUT2D eigenvalue weighted by Gasteiger charge is 2.44. The summed E-state index contributed by atoms with van der Waals surface area (Å²) in [6.45, 7) is 1.91. The van der Waals surface area contributed by atoms with Gasteiger partial charge in [0.1, 0.15) is 5.92 Å². The number of esters is 1. The molecule has 1 aromatic heterocycles. The molecule has 140 valence electrons. The lowest BCUT2D eigenvalue weighted by atomic mass is 9.75. The van der Waals surface area contributed by atoms with Crippen molar-refractivity contribution < 1.29 is 14.3 Å². The van der Waals surface area contributed by atoms with Crippen molar-refractivity contribution in [1.29, 1.82) is 0 Å². The molecule has 4 rings (SSSR count). The molecule has 1 aliphatic heterocycles. The minimum Gasteiger partial charge on any atom is -0.468 e. The van der Waals surface area contributed by atoms with Crippen molar-refractivity contribution in [2.24, 2.45) is 11.8 Å². The van der Waals surface area contributed by atoms with Crippen LogP contribution in [0, 0.1) is 11.8 Å². The van der Waals surface area contributed by atoms with Crippen LogP contribution in [0.1, 0.15) is 24.3 Å². The molecule has 2 N–H and O–H groups in total. The number of anilines is 2. The predicted octanol–water partition coefficient (Wildman–Crippen LogP) is 4.63. The van der Waals surface area contributed by atoms with Gasteiger partial charge in [-0.3, -0.25) is 9.59 Å². The van der Waals surface area contributed by atoms with Gasteiger partial charge in [-0.05, 0) is 36.6 Å². The Morgan fingerprint density at radius 1 is 1.22 bits per heavy atom. The number of rotatable bonds is 2. The highest BCUT2D eigenvalue weighted by molar-refractivity contribution is 7.16. The third-order valence-corrected chi connectivity index (χ3v) is 6.40. The highest BCUT2D eigenvalue weighted by Crippen LogP contribution is 2.45. The van der Waals surface area contributed by atoms with Crippen molar-refractivity contribution in [2.75, 3.05) is 17.7 Å². The standard InChI is InChI=1S/C20H19ClN2O3S/c1-10-9-13-17(19(24)16(10)20(25)26-2)18(14-7-8-15(21)27-14)23-12-6-4-3-5-11(12)22-13/h3-8,10,16,18,22-23H,9H2,1-2H3/t10-,16+,18-/m1/s1. The molecule has 27 heavy (non-hydrogen) atoms. The van der Waals surface area contributed by atoms with Crippen LogP contribution in [0.2, 0.25) is 4.34 Å². The van der Waals surface area contributed by atoms with Crippen LogP contribution in [0.5, 0.6) is 0 Å². The summed E-state index contributed by atoms with van der Waals surface area (Å²) in [5.74, 6) is -1.62. The number of Topliss-reactive ketones (excluding diaryl/α,β-unsaturated/α-hetero) is 1. The predicted molar refractivity (Wildman–Crippen MR) is 107 cm³/mol. The molecule has 0 fully saturated rings. The van der Waals surface area contributed by atoms with Crippen molar-refractivity contribution in [1.82, 2.24) is 0 Å². The number of hydrogen-bond acceptors (Lipinski definition) is 6. The number of fused-ring (bicyclic) bond motifs is 1. The van der Waals surface area contributed by atoms with Crippen LogP contribution in [-0.4, -0.2) is 18.9 Å². The monoisotopic (exact) mass is 402 g/mol. The second-order valence-electron chi connectivity index (χ2n) is 6.83. The van der Waals surface area contributed by atoms with Crippen LogP contribution < -0.4 is 10.6 Å². The van der Waals surface area contributed by atoms with E-state index in [0.29, 0.717) is 16.3 Å². The van der Waals surface area contributed by atoms with Gasteiger partial charge in [0.25, 0.3) is 0 Å². The highest BCUT2D eigenvalue weighted by atomic mass is 35.5. The summed E-state index contributed by atoms with van der Waals surface area (Å²) in [5.41, 5.74) is 3.24. The summed E-state index contributed by atoms with van der Waals surface area (Å²) in [6, 6.07) is 11.2. The van der Waals surface area contributed by atoms with Gasteiger partial charge in [-0.1, -0.05) is 30.7 Å². The molecule has 2 aromatic rings. The molecule has 2 heterocycles. The summed E-state index contributed by atoms with van der Waals surface area (Å²) < 4.78 is 5.56. The van der Waals surface area contributed by atoms with Crippen molar-refractivity contribution in [3.63, 3.8) is 0 Å². The maximum absolute atomic E-state index is 13.4. The van der Waals surface area contributed by atoms with E-state index in [1.54, 1.807) is 0 Å². The Morgan fingerprint density at radius 3 is 2.63 bits per heavy atom. The summed E-state index contributed by atoms with van der Waals surface area (Å²) in [7, 11) is 1.32. The lowest BCUT2D eigenvalue weighted by Gasteiger charge is -2.32. The Balaban J connectivity index is 1.86. The molecule has 0 spiro atoms. The molecule has 7 heteroatoms. The number of methoxy groups -OCH3 is 1. The van der Waals surface area contributed by atoms with Gasteiger partial charge in [-0.25, -0.2) is 0 Å². The minimum absolute atomic E-state index is 0.144. The maximum Gasteiger partial charge on any atom is 0.316 e. The Hall–Kier alpha value is -2.31. The van der Waals surface area contributed by atoms with Gasteiger partial charge < -0.3 is 15.4 Å². The van der Waals surface area contributed by atoms with Crippen molar-refractivity contribution in [3.8, 4) is 0 Å². The number of allylic oxidation sites excluding steroid dienone is 1. The minimum atomic E-state index is -0.795. The van der Waals surface area contributed by atoms with Crippen molar-refractivity contribution >= 4 is 46.1 Å². The Morgan fingerprint density at radius 2 is 1.96 bits per heavy atom. The topological polar surface area (TPSA) is 67.4 Å². The maximum atomic E-state index is 13.4. The first-order chi connectivity index (χ1) is 13.0. The third kappa shape index (κ3) is 3.13. The third-order valence-electron chi connectivity index (χ3n) is 5.10. The molecule has 1 aliphatic carbocycles. The molecule has 3 atom stereocenters. The first kappa shape index (κ1) is 18.1. The van der Waals surface area contributed by atoms with E-state index < -0.39 is 11.9 Å². The number of ketones is 1. The Kier molecular flexibility index (Phi) is 4.70. The fourth-order valence-electron chi connectivity index (χ4n) is 3.83. The van der Waals surface area contributed by atoms with Crippen LogP contribution in [-0.2, 0) is 14.3 Å². The SMILES string of the molecule is COC(=O)[C@@H]1C(=O)C2=C(C[C@H]1C)Nc1ccccc1N[C@@H]2c1ccc(Cl)s1. The van der Waals surface area contributed by atoms with E-state index in [0.717, 1.165) is 21.9 Å². The first-order valence-electron chi connectivity index (χ1n) is 8.72. The molecule has 2 aliphatic rings. The van der Waals surface area contributed by atoms with Gasteiger partial charge in [0.15, 0.2) is 5.78 Å². The fourth-order valence-corrected chi connectivity index (χ4v) is 4.95. The molecule has 0 unspecified atom stereocenters. The van der Waals surface area contributed by atoms with Crippen LogP contribution in [0.3, 0.4) is 0 Å². The van der Waals surface area contributed by atoms with Gasteiger partial charge in [-0.15, -0.1) is 11.3 Å². The molecular weight excluding hydrogens is 384 g/mol. The van der Waals surface area contributed by atoms with E-state index in [2.05, 4.69) is 10.6 Å². The summed E-state index contributed by atoms with van der Waals surface area (Å²) in [5, 5.41) is 6.89. The van der Waals surface area contributed by atoms with E-state index in [1.165, 1.54) is 18.4 Å². The molecule has 0 saturated carbocycles. The summed E-state index contributed by atoms with van der Waals surface area (Å²) >= 11 is 7.58. The second-order valence-corrected chi connectivity index (χ2v) is 8.58. The fraction of sp³-hybridized carbons (Fsp3) is 0.300. The molecular formula is C20H19ClN2O3S. The van der Waals surface area contributed by atoms with Crippen LogP contribution in [0.4, 0.5) is 11.4 Å². The lowest BCUT2D eigenvalue weighted by Crippen LogP contribution is -2.39. The van der Waals surface area contributed by atoms with E-state index >= 15 is 0 Å². The zero-order chi connectivity index (χ0) is 19.1. The zero-order valence-electron chi connectivity index (χ0n) is 14.9. The molecule has 0 saturated heterocycles. The number of ether oxygens (including phenoxy) is 1. The van der Waals surface area contributed by atoms with Gasteiger partial charge in [-0.2, -0.15) is 0 Å². The van der Waals surface area contributed by atoms with E-state index in [-0.39, 0.29) is 17.7 Å². The number of halogens is 1. The summed E-state index contributed by atoms with van der Waals surface area (Å²) in [6.07, 6.45) is 0.590. The van der Waals surface area contributed by atoms with E-state index in [9.17, 15) is 9.59 Å². The number of nitrogens with one attached hydrogen (secondary N) is 2. The zero-order valence-corrected chi connectivity index (χ0v) is 16.5. The average molecular weight is 403 g/mol. The molecule has 5 nitrogen and oxygen atoms in total. The number of benzene rings is 1. The largest absolute Gasteiger partial charge is 0.468 e. The van der Waals surface area contributed by atoms with Crippen LogP contribution in [0.25, 0.3) is 0 Å². The number of thiophene rings is 1. The molecule has 0 bridgehead atoms. The first-order valence-corrected chi connectivity index (χ1v) is 9.92. The number of hydrogen-bond donors (Lipinski definition) is 2. The van der Waals surface area contributed by atoms with Gasteiger partial charge >= 0.3 is 5.97 Å². The van der Waals surface area contributed by atoms with Crippen molar-refractivity contribution in [2.45, 2.75) is 19.4 Å². The lowest BCUT2D eigenvalue weighted by molar-refractivity contribution is -0.151. The quantitative estimate of drug-likeness (QED) is 0.566. The molecule has 0 amide bonds. The second kappa shape index (κ2) is 7.02. The normalized spacial score (nSPS) is 24.3. The smallest absolute Gasteiger partial charge is 0.316 e. The number of carbonyl (C=O) groups is 2. The van der Waals surface area contributed by atoms with Gasteiger partial charge in [0.05, 0.1) is 28.9 Å². The molecule has 1 aromatic carbocycles. The van der Waals surface area contributed by atoms with E-state index in [4.69, 9.17) is 16.3 Å². The molecule has 0 radical (unpaired) electrons.